The summed E-state index contributed by atoms with van der Waals surface area (Å²) in [7, 11) is 1.60. The lowest BCUT2D eigenvalue weighted by Gasteiger charge is -2.38. The third-order valence-corrected chi connectivity index (χ3v) is 4.25. The molecule has 106 valence electrons. The Hall–Kier alpha value is -1.36. The molecule has 0 aromatic rings. The van der Waals surface area contributed by atoms with Crippen LogP contribution in [0, 0.1) is 0 Å². The van der Waals surface area contributed by atoms with Crippen LogP contribution in [0.25, 0.3) is 0 Å². The molecule has 2 aliphatic rings. The quantitative estimate of drug-likeness (QED) is 0.750. The van der Waals surface area contributed by atoms with Crippen molar-refractivity contribution in [2.75, 3.05) is 33.2 Å². The van der Waals surface area contributed by atoms with E-state index >= 15 is 0 Å². The van der Waals surface area contributed by atoms with Gasteiger partial charge in [0.1, 0.15) is 5.54 Å². The summed E-state index contributed by atoms with van der Waals surface area (Å²) in [6, 6.07) is 0. The standard InChI is InChI=1S/C14H23N3O2/c1-3-17-10-6-8-14(17)7-4-5-9-16(13(14)19)11-12(18)15-2/h4-5H,3,6-11H2,1-2H3,(H,15,18)/t14-/m0/s1. The SMILES string of the molecule is CCN1CCC[C@]12CC=CCN(CC(=O)NC)C2=O. The Labute approximate surface area is 114 Å². The summed E-state index contributed by atoms with van der Waals surface area (Å²) in [5, 5.41) is 2.59. The van der Waals surface area contributed by atoms with Gasteiger partial charge in [-0.1, -0.05) is 19.1 Å². The number of amides is 2. The van der Waals surface area contributed by atoms with Gasteiger partial charge in [0.2, 0.25) is 11.8 Å². The molecule has 2 amide bonds. The first kappa shape index (κ1) is 14.1. The zero-order valence-electron chi connectivity index (χ0n) is 11.8. The van der Waals surface area contributed by atoms with Crippen molar-refractivity contribution in [1.29, 1.82) is 0 Å². The van der Waals surface area contributed by atoms with Crippen LogP contribution in [-0.2, 0) is 9.59 Å². The van der Waals surface area contributed by atoms with Crippen LogP contribution in [0.2, 0.25) is 0 Å². The van der Waals surface area contributed by atoms with E-state index in [1.165, 1.54) is 0 Å². The molecule has 1 fully saturated rings. The molecule has 1 spiro atoms. The van der Waals surface area contributed by atoms with Crippen molar-refractivity contribution in [3.63, 3.8) is 0 Å². The Morgan fingerprint density at radius 3 is 2.95 bits per heavy atom. The molecule has 0 bridgehead atoms. The van der Waals surface area contributed by atoms with Crippen LogP contribution >= 0.6 is 0 Å². The van der Waals surface area contributed by atoms with Gasteiger partial charge >= 0.3 is 0 Å². The van der Waals surface area contributed by atoms with Crippen LogP contribution in [0.3, 0.4) is 0 Å². The average Bonchev–Trinajstić information content (AvgIpc) is 2.78. The van der Waals surface area contributed by atoms with Crippen molar-refractivity contribution in [3.8, 4) is 0 Å². The van der Waals surface area contributed by atoms with Gasteiger partial charge in [-0.3, -0.25) is 14.5 Å². The predicted molar refractivity (Wildman–Crippen MR) is 73.6 cm³/mol. The van der Waals surface area contributed by atoms with Crippen molar-refractivity contribution in [3.05, 3.63) is 12.2 Å². The van der Waals surface area contributed by atoms with E-state index in [-0.39, 0.29) is 18.4 Å². The van der Waals surface area contributed by atoms with E-state index in [2.05, 4.69) is 23.2 Å². The third kappa shape index (κ3) is 2.52. The van der Waals surface area contributed by atoms with Crippen LogP contribution < -0.4 is 5.32 Å². The Morgan fingerprint density at radius 1 is 1.47 bits per heavy atom. The molecule has 2 rings (SSSR count). The van der Waals surface area contributed by atoms with E-state index < -0.39 is 5.54 Å². The number of nitrogens with one attached hydrogen (secondary N) is 1. The molecule has 2 heterocycles. The molecule has 0 radical (unpaired) electrons. The van der Waals surface area contributed by atoms with Gasteiger partial charge in [0, 0.05) is 13.6 Å². The summed E-state index contributed by atoms with van der Waals surface area (Å²) >= 11 is 0. The van der Waals surface area contributed by atoms with Gasteiger partial charge in [-0.2, -0.15) is 0 Å². The van der Waals surface area contributed by atoms with Crippen LogP contribution in [0.4, 0.5) is 0 Å². The first-order valence-corrected chi connectivity index (χ1v) is 7.04. The fraction of sp³-hybridized carbons (Fsp3) is 0.714. The number of likely N-dealkylation sites (N-methyl/N-ethyl adjacent to an activating group) is 2. The summed E-state index contributed by atoms with van der Waals surface area (Å²) in [6.45, 7) is 4.64. The average molecular weight is 265 g/mol. The number of likely N-dealkylation sites (tertiary alicyclic amines) is 1. The highest BCUT2D eigenvalue weighted by molar-refractivity contribution is 5.91. The molecular formula is C14H23N3O2. The maximum atomic E-state index is 12.9. The minimum Gasteiger partial charge on any atom is -0.358 e. The summed E-state index contributed by atoms with van der Waals surface area (Å²) in [5.74, 6) is 0.000274. The maximum Gasteiger partial charge on any atom is 0.244 e. The van der Waals surface area contributed by atoms with Gasteiger partial charge in [-0.25, -0.2) is 0 Å². The second kappa shape index (κ2) is 5.74. The van der Waals surface area contributed by atoms with E-state index in [0.717, 1.165) is 32.4 Å². The monoisotopic (exact) mass is 265 g/mol. The van der Waals surface area contributed by atoms with Crippen LogP contribution in [-0.4, -0.2) is 60.4 Å². The Bertz CT molecular complexity index is 394. The fourth-order valence-corrected chi connectivity index (χ4v) is 3.20. The first-order chi connectivity index (χ1) is 9.14. The zero-order valence-corrected chi connectivity index (χ0v) is 11.8. The van der Waals surface area contributed by atoms with Gasteiger partial charge in [0.25, 0.3) is 0 Å². The summed E-state index contributed by atoms with van der Waals surface area (Å²) < 4.78 is 0. The Balaban J connectivity index is 2.22. The topological polar surface area (TPSA) is 52.6 Å². The lowest BCUT2D eigenvalue weighted by molar-refractivity contribution is -0.144. The van der Waals surface area contributed by atoms with E-state index in [4.69, 9.17) is 0 Å². The third-order valence-electron chi connectivity index (χ3n) is 4.25. The first-order valence-electron chi connectivity index (χ1n) is 7.04. The van der Waals surface area contributed by atoms with Crippen molar-refractivity contribution in [2.45, 2.75) is 31.7 Å². The van der Waals surface area contributed by atoms with Crippen LogP contribution in [0.5, 0.6) is 0 Å². The summed E-state index contributed by atoms with van der Waals surface area (Å²) in [4.78, 5) is 28.3. The van der Waals surface area contributed by atoms with Gasteiger partial charge in [-0.15, -0.1) is 0 Å². The highest BCUT2D eigenvalue weighted by atomic mass is 16.2. The second-order valence-electron chi connectivity index (χ2n) is 5.25. The van der Waals surface area contributed by atoms with E-state index in [9.17, 15) is 9.59 Å². The van der Waals surface area contributed by atoms with Gasteiger partial charge < -0.3 is 10.2 Å². The van der Waals surface area contributed by atoms with E-state index in [0.29, 0.717) is 6.54 Å². The zero-order chi connectivity index (χ0) is 13.9. The number of hydrogen-bond donors (Lipinski definition) is 1. The van der Waals surface area contributed by atoms with Gasteiger partial charge in [0.05, 0.1) is 6.54 Å². The van der Waals surface area contributed by atoms with Gasteiger partial charge in [0.15, 0.2) is 0 Å². The van der Waals surface area contributed by atoms with E-state index in [1.807, 2.05) is 6.08 Å². The van der Waals surface area contributed by atoms with Gasteiger partial charge in [-0.05, 0) is 32.4 Å². The number of rotatable bonds is 3. The number of carbonyl (C=O) groups is 2. The Morgan fingerprint density at radius 2 is 2.26 bits per heavy atom. The number of nitrogens with zero attached hydrogens (tertiary/aromatic N) is 2. The molecule has 1 saturated heterocycles. The molecule has 5 nitrogen and oxygen atoms in total. The number of carbonyl (C=O) groups excluding carboxylic acids is 2. The highest BCUT2D eigenvalue weighted by Gasteiger charge is 2.48. The molecule has 2 aliphatic heterocycles. The minimum absolute atomic E-state index is 0.111. The second-order valence-corrected chi connectivity index (χ2v) is 5.25. The Kier molecular flexibility index (Phi) is 4.24. The van der Waals surface area contributed by atoms with Crippen LogP contribution in [0.1, 0.15) is 26.2 Å². The summed E-state index contributed by atoms with van der Waals surface area (Å²) in [6.07, 6.45) is 6.82. The lowest BCUT2D eigenvalue weighted by atomic mass is 9.90. The van der Waals surface area contributed by atoms with Crippen molar-refractivity contribution in [1.82, 2.24) is 15.1 Å². The fourth-order valence-electron chi connectivity index (χ4n) is 3.20. The molecule has 0 aliphatic carbocycles. The largest absolute Gasteiger partial charge is 0.358 e. The predicted octanol–water partition coefficient (Wildman–Crippen LogP) is 0.375. The molecule has 19 heavy (non-hydrogen) atoms. The van der Waals surface area contributed by atoms with E-state index in [1.54, 1.807) is 11.9 Å². The summed E-state index contributed by atoms with van der Waals surface area (Å²) in [5.41, 5.74) is -0.407. The molecule has 0 aromatic carbocycles. The van der Waals surface area contributed by atoms with Crippen LogP contribution in [0.15, 0.2) is 12.2 Å². The maximum absolute atomic E-state index is 12.9. The van der Waals surface area contributed by atoms with Crippen molar-refractivity contribution in [2.24, 2.45) is 0 Å². The van der Waals surface area contributed by atoms with Crippen molar-refractivity contribution < 1.29 is 9.59 Å². The normalized spacial score (nSPS) is 27.9. The molecule has 5 heteroatoms. The lowest BCUT2D eigenvalue weighted by Crippen LogP contribution is -2.57. The molecule has 1 N–H and O–H groups in total. The molecule has 1 atom stereocenters. The van der Waals surface area contributed by atoms with Crippen molar-refractivity contribution >= 4 is 11.8 Å². The smallest absolute Gasteiger partial charge is 0.244 e. The molecule has 0 aromatic heterocycles. The molecule has 0 unspecified atom stereocenters. The minimum atomic E-state index is -0.407. The molecular weight excluding hydrogens is 242 g/mol. The highest BCUT2D eigenvalue weighted by Crippen LogP contribution is 2.35. The molecule has 0 saturated carbocycles. The number of hydrogen-bond acceptors (Lipinski definition) is 3.